The van der Waals surface area contributed by atoms with Gasteiger partial charge in [0.15, 0.2) is 5.66 Å². The van der Waals surface area contributed by atoms with E-state index in [2.05, 4.69) is 10.1 Å². The molecule has 1 aromatic heterocycles. The molecule has 6 nitrogen and oxygen atoms in total. The summed E-state index contributed by atoms with van der Waals surface area (Å²) in [6.07, 6.45) is -2.50. The molecule has 0 radical (unpaired) electrons. The lowest BCUT2D eigenvalue weighted by molar-refractivity contribution is -0.274. The average Bonchev–Trinajstić information content (AvgIpc) is 3.02. The molecule has 0 fully saturated rings. The molecule has 0 saturated heterocycles. The monoisotopic (exact) mass is 491 g/mol. The van der Waals surface area contributed by atoms with Gasteiger partial charge >= 0.3 is 14.0 Å². The van der Waals surface area contributed by atoms with E-state index in [0.29, 0.717) is 15.1 Å². The van der Waals surface area contributed by atoms with Gasteiger partial charge in [0.1, 0.15) is 5.75 Å². The van der Waals surface area contributed by atoms with Gasteiger partial charge in [-0.15, -0.1) is 24.5 Å². The molecule has 164 valence electrons. The fourth-order valence-electron chi connectivity index (χ4n) is 2.82. The highest BCUT2D eigenvalue weighted by Gasteiger charge is 2.38. The first-order chi connectivity index (χ1) is 14.4. The van der Waals surface area contributed by atoms with Crippen molar-refractivity contribution in [2.24, 2.45) is 0 Å². The lowest BCUT2D eigenvalue weighted by Gasteiger charge is -2.17. The smallest absolute Gasteiger partial charge is 0.406 e. The van der Waals surface area contributed by atoms with Gasteiger partial charge in [-0.3, -0.25) is 9.36 Å². The van der Waals surface area contributed by atoms with E-state index in [0.717, 1.165) is 18.3 Å². The second-order valence-corrected chi connectivity index (χ2v) is 9.33. The minimum Gasteiger partial charge on any atom is -0.406 e. The molecule has 12 heteroatoms. The van der Waals surface area contributed by atoms with Gasteiger partial charge in [-0.2, -0.15) is 0 Å². The Bertz CT molecular complexity index is 1190. The molecule has 2 aromatic carbocycles. The Hall–Kier alpha value is -2.36. The first-order valence-corrected chi connectivity index (χ1v) is 11.4. The van der Waals surface area contributed by atoms with Crippen LogP contribution in [-0.2, 0) is 9.36 Å². The molecule has 3 N–H and O–H groups in total. The molecule has 1 unspecified atom stereocenters. The summed E-state index contributed by atoms with van der Waals surface area (Å²) < 4.78 is 53.6. The van der Waals surface area contributed by atoms with E-state index in [1.165, 1.54) is 41.0 Å². The Balaban J connectivity index is 1.82. The van der Waals surface area contributed by atoms with Crippen LogP contribution < -0.4 is 10.1 Å². The summed E-state index contributed by atoms with van der Waals surface area (Å²) in [6, 6.07) is 9.79. The number of hydrogen-bond donors (Lipinski definition) is 3. The Labute approximate surface area is 183 Å². The van der Waals surface area contributed by atoms with Crippen molar-refractivity contribution in [3.05, 3.63) is 70.2 Å². The third-order valence-electron chi connectivity index (χ3n) is 4.04. The molecule has 31 heavy (non-hydrogen) atoms. The van der Waals surface area contributed by atoms with Crippen molar-refractivity contribution in [1.29, 1.82) is 0 Å². The average molecular weight is 492 g/mol. The molecular weight excluding hydrogens is 478 g/mol. The molecule has 1 heterocycles. The standard InChI is InChI=1S/C19H14ClF3NO5PS/c20-12-4-5-16-14(9-12)15(10-31-16)17(30(26,27)28)18(25)24-7-6-11-2-1-3-13(8-11)29-19(21,22)23/h1-10,17H,(H,24,25)(H2,26,27,28). The number of halogens is 4. The summed E-state index contributed by atoms with van der Waals surface area (Å²) in [5, 5.41) is 4.54. The minimum atomic E-state index is -4.91. The molecule has 3 rings (SSSR count). The molecule has 0 spiro atoms. The van der Waals surface area contributed by atoms with E-state index < -0.39 is 31.3 Å². The molecule has 0 bridgehead atoms. The number of amides is 1. The van der Waals surface area contributed by atoms with Gasteiger partial charge in [-0.1, -0.05) is 23.7 Å². The van der Waals surface area contributed by atoms with Crippen LogP contribution in [-0.4, -0.2) is 22.1 Å². The van der Waals surface area contributed by atoms with Crippen LogP contribution in [0.25, 0.3) is 16.2 Å². The maximum atomic E-state index is 12.6. The van der Waals surface area contributed by atoms with Gasteiger partial charge in [0, 0.05) is 15.9 Å². The SMILES string of the molecule is O=C(NC=Cc1cccc(OC(F)(F)F)c1)C(c1csc2ccc(Cl)cc12)P(=O)(O)O. The maximum Gasteiger partial charge on any atom is 0.573 e. The largest absolute Gasteiger partial charge is 0.573 e. The summed E-state index contributed by atoms with van der Waals surface area (Å²) in [5.41, 5.74) is -1.39. The predicted molar refractivity (Wildman–Crippen MR) is 112 cm³/mol. The Morgan fingerprint density at radius 1 is 1.23 bits per heavy atom. The zero-order valence-electron chi connectivity index (χ0n) is 15.3. The van der Waals surface area contributed by atoms with Crippen molar-refractivity contribution in [1.82, 2.24) is 5.32 Å². The van der Waals surface area contributed by atoms with Crippen LogP contribution >= 0.6 is 30.5 Å². The normalized spacial score (nSPS) is 13.5. The minimum absolute atomic E-state index is 0.127. The van der Waals surface area contributed by atoms with E-state index in [1.807, 2.05) is 0 Å². The predicted octanol–water partition coefficient (Wildman–Crippen LogP) is 5.46. The first-order valence-electron chi connectivity index (χ1n) is 8.49. The fourth-order valence-corrected chi connectivity index (χ4v) is 5.02. The Kier molecular flexibility index (Phi) is 6.78. The topological polar surface area (TPSA) is 95.9 Å². The van der Waals surface area contributed by atoms with Gasteiger partial charge in [-0.25, -0.2) is 0 Å². The third-order valence-corrected chi connectivity index (χ3v) is 6.44. The van der Waals surface area contributed by atoms with Crippen LogP contribution in [0.5, 0.6) is 5.75 Å². The van der Waals surface area contributed by atoms with Gasteiger partial charge < -0.3 is 19.8 Å². The van der Waals surface area contributed by atoms with Crippen molar-refractivity contribution in [3.63, 3.8) is 0 Å². The second-order valence-electron chi connectivity index (χ2n) is 6.29. The molecular formula is C19H14ClF3NO5PS. The van der Waals surface area contributed by atoms with Crippen LogP contribution in [0, 0.1) is 0 Å². The maximum absolute atomic E-state index is 12.6. The highest BCUT2D eigenvalue weighted by molar-refractivity contribution is 7.53. The lowest BCUT2D eigenvalue weighted by Crippen LogP contribution is -2.25. The Morgan fingerprint density at radius 2 is 1.97 bits per heavy atom. The summed E-state index contributed by atoms with van der Waals surface area (Å²) in [5.74, 6) is -1.43. The van der Waals surface area contributed by atoms with E-state index >= 15 is 0 Å². The number of fused-ring (bicyclic) bond motifs is 1. The molecule has 0 saturated carbocycles. The second kappa shape index (κ2) is 9.02. The van der Waals surface area contributed by atoms with Gasteiger partial charge in [-0.05, 0) is 58.3 Å². The lowest BCUT2D eigenvalue weighted by atomic mass is 10.1. The molecule has 3 aromatic rings. The van der Waals surface area contributed by atoms with Crippen LogP contribution in [0.3, 0.4) is 0 Å². The third kappa shape index (κ3) is 6.09. The van der Waals surface area contributed by atoms with Crippen LogP contribution in [0.15, 0.2) is 54.0 Å². The van der Waals surface area contributed by atoms with Gasteiger partial charge in [0.25, 0.3) is 0 Å². The first kappa shape index (κ1) is 23.3. The summed E-state index contributed by atoms with van der Waals surface area (Å²) in [6.45, 7) is 0. The van der Waals surface area contributed by atoms with Crippen molar-refractivity contribution in [3.8, 4) is 5.75 Å². The molecule has 1 atom stereocenters. The molecule has 0 aliphatic carbocycles. The summed E-state index contributed by atoms with van der Waals surface area (Å²) in [4.78, 5) is 32.2. The van der Waals surface area contributed by atoms with Crippen LogP contribution in [0.4, 0.5) is 13.2 Å². The number of benzene rings is 2. The van der Waals surface area contributed by atoms with Crippen LogP contribution in [0.2, 0.25) is 5.02 Å². The van der Waals surface area contributed by atoms with E-state index in [4.69, 9.17) is 11.6 Å². The van der Waals surface area contributed by atoms with E-state index in [9.17, 15) is 32.3 Å². The molecule has 0 aliphatic heterocycles. The highest BCUT2D eigenvalue weighted by Crippen LogP contribution is 2.54. The van der Waals surface area contributed by atoms with E-state index in [1.54, 1.807) is 12.1 Å². The number of nitrogens with one attached hydrogen (secondary N) is 1. The number of ether oxygens (including phenoxy) is 1. The number of hydrogen-bond acceptors (Lipinski definition) is 4. The van der Waals surface area contributed by atoms with Crippen molar-refractivity contribution in [2.45, 2.75) is 12.0 Å². The zero-order chi connectivity index (χ0) is 22.8. The fraction of sp³-hybridized carbons (Fsp3) is 0.105. The highest BCUT2D eigenvalue weighted by atomic mass is 35.5. The quantitative estimate of drug-likeness (QED) is 0.398. The number of carbonyl (C=O) groups excluding carboxylic acids is 1. The Morgan fingerprint density at radius 3 is 2.65 bits per heavy atom. The van der Waals surface area contributed by atoms with Gasteiger partial charge in [0.2, 0.25) is 5.91 Å². The summed E-state index contributed by atoms with van der Waals surface area (Å²) in [7, 11) is -4.91. The summed E-state index contributed by atoms with van der Waals surface area (Å²) >= 11 is 7.17. The number of rotatable bonds is 6. The van der Waals surface area contributed by atoms with E-state index in [-0.39, 0.29) is 11.1 Å². The number of carbonyl (C=O) groups is 1. The van der Waals surface area contributed by atoms with Gasteiger partial charge in [0.05, 0.1) is 0 Å². The molecule has 1 amide bonds. The van der Waals surface area contributed by atoms with Crippen molar-refractivity contribution >= 4 is 52.6 Å². The van der Waals surface area contributed by atoms with Crippen LogP contribution in [0.1, 0.15) is 16.8 Å². The number of alkyl halides is 3. The van der Waals surface area contributed by atoms with Crippen molar-refractivity contribution < 1.29 is 37.1 Å². The molecule has 0 aliphatic rings. The zero-order valence-corrected chi connectivity index (χ0v) is 17.8. The van der Waals surface area contributed by atoms with Crippen molar-refractivity contribution in [2.75, 3.05) is 0 Å². The number of thiophene rings is 1.